The van der Waals surface area contributed by atoms with E-state index in [2.05, 4.69) is 15.5 Å². The number of hydrogen-bond acceptors (Lipinski definition) is 3. The van der Waals surface area contributed by atoms with Gasteiger partial charge in [0.1, 0.15) is 5.82 Å². The third kappa shape index (κ3) is 1.77. The van der Waals surface area contributed by atoms with Crippen LogP contribution in [0.25, 0.3) is 0 Å². The molecule has 0 aromatic carbocycles. The van der Waals surface area contributed by atoms with E-state index >= 15 is 0 Å². The predicted octanol–water partition coefficient (Wildman–Crippen LogP) is -0.693. The molecule has 1 rings (SSSR count). The molecule has 0 saturated heterocycles. The van der Waals surface area contributed by atoms with Crippen molar-refractivity contribution in [3.8, 4) is 0 Å². The van der Waals surface area contributed by atoms with Gasteiger partial charge in [-0.1, -0.05) is 0 Å². The van der Waals surface area contributed by atoms with E-state index in [1.54, 1.807) is 12.3 Å². The summed E-state index contributed by atoms with van der Waals surface area (Å²) in [4.78, 5) is 10.2. The number of anilines is 1. The Kier molecular flexibility index (Phi) is 1.89. The highest BCUT2D eigenvalue weighted by molar-refractivity contribution is 5.78. The molecular formula is C5H8N4O. The summed E-state index contributed by atoms with van der Waals surface area (Å²) in [6.45, 7) is 0.127. The Morgan fingerprint density at radius 3 is 3.20 bits per heavy atom. The Hall–Kier alpha value is -1.52. The minimum atomic E-state index is -0.394. The average Bonchev–Trinajstić information content (AvgIpc) is 2.34. The van der Waals surface area contributed by atoms with Crippen molar-refractivity contribution in [1.82, 2.24) is 10.2 Å². The average molecular weight is 140 g/mol. The molecule has 4 N–H and O–H groups in total. The molecule has 1 aromatic rings. The van der Waals surface area contributed by atoms with Crippen molar-refractivity contribution in [2.75, 3.05) is 11.9 Å². The third-order valence-corrected chi connectivity index (χ3v) is 0.954. The SMILES string of the molecule is NC(=O)CNc1ccn[nH]1. The molecule has 0 saturated carbocycles. The predicted molar refractivity (Wildman–Crippen MR) is 36.3 cm³/mol. The fourth-order valence-electron chi connectivity index (χ4n) is 0.537. The summed E-state index contributed by atoms with van der Waals surface area (Å²) in [5.74, 6) is 0.299. The molecule has 0 aliphatic heterocycles. The number of carbonyl (C=O) groups is 1. The summed E-state index contributed by atoms with van der Waals surface area (Å²) in [7, 11) is 0. The first kappa shape index (κ1) is 6.60. The van der Waals surface area contributed by atoms with Crippen LogP contribution in [0.4, 0.5) is 5.82 Å². The van der Waals surface area contributed by atoms with E-state index < -0.39 is 5.91 Å². The van der Waals surface area contributed by atoms with Gasteiger partial charge in [-0.25, -0.2) is 0 Å². The van der Waals surface area contributed by atoms with Crippen LogP contribution in [0.3, 0.4) is 0 Å². The molecule has 5 nitrogen and oxygen atoms in total. The standard InChI is InChI=1S/C5H8N4O/c6-4(10)3-7-5-1-2-8-9-5/h1-2H,3H2,(H2,6,10)(H2,7,8,9). The second-order valence-corrected chi connectivity index (χ2v) is 1.79. The van der Waals surface area contributed by atoms with Crippen molar-refractivity contribution in [3.63, 3.8) is 0 Å². The van der Waals surface area contributed by atoms with Crippen molar-refractivity contribution >= 4 is 11.7 Å². The zero-order chi connectivity index (χ0) is 7.40. The maximum atomic E-state index is 10.2. The van der Waals surface area contributed by atoms with Crippen molar-refractivity contribution in [2.24, 2.45) is 5.73 Å². The molecule has 0 fully saturated rings. The van der Waals surface area contributed by atoms with Crippen LogP contribution >= 0.6 is 0 Å². The van der Waals surface area contributed by atoms with Crippen LogP contribution in [0.1, 0.15) is 0 Å². The molecule has 0 radical (unpaired) electrons. The minimum Gasteiger partial charge on any atom is -0.368 e. The number of carbonyl (C=O) groups excluding carboxylic acids is 1. The lowest BCUT2D eigenvalue weighted by Gasteiger charge is -1.96. The molecule has 1 heterocycles. The van der Waals surface area contributed by atoms with Crippen LogP contribution in [0.15, 0.2) is 12.3 Å². The number of nitrogens with two attached hydrogens (primary N) is 1. The van der Waals surface area contributed by atoms with Gasteiger partial charge in [0.15, 0.2) is 0 Å². The number of aromatic amines is 1. The van der Waals surface area contributed by atoms with Crippen molar-refractivity contribution < 1.29 is 4.79 Å². The van der Waals surface area contributed by atoms with E-state index in [0.717, 1.165) is 0 Å². The van der Waals surface area contributed by atoms with Gasteiger partial charge in [0.25, 0.3) is 0 Å². The van der Waals surface area contributed by atoms with Crippen LogP contribution in [0.2, 0.25) is 0 Å². The molecule has 0 aliphatic rings. The first-order valence-electron chi connectivity index (χ1n) is 2.80. The van der Waals surface area contributed by atoms with E-state index in [1.807, 2.05) is 0 Å². The summed E-state index contributed by atoms with van der Waals surface area (Å²) in [6, 6.07) is 1.71. The van der Waals surface area contributed by atoms with Gasteiger partial charge in [0.05, 0.1) is 12.7 Å². The molecular weight excluding hydrogens is 132 g/mol. The smallest absolute Gasteiger partial charge is 0.236 e. The second kappa shape index (κ2) is 2.86. The minimum absolute atomic E-state index is 0.127. The summed E-state index contributed by atoms with van der Waals surface area (Å²) < 4.78 is 0. The molecule has 54 valence electrons. The molecule has 0 unspecified atom stereocenters. The first-order chi connectivity index (χ1) is 4.79. The lowest BCUT2D eigenvalue weighted by atomic mass is 10.5. The molecule has 0 bridgehead atoms. The summed E-state index contributed by atoms with van der Waals surface area (Å²) in [5, 5.41) is 9.02. The fraction of sp³-hybridized carbons (Fsp3) is 0.200. The molecule has 10 heavy (non-hydrogen) atoms. The highest BCUT2D eigenvalue weighted by Gasteiger charge is 1.93. The number of H-pyrrole nitrogens is 1. The molecule has 1 aromatic heterocycles. The largest absolute Gasteiger partial charge is 0.368 e. The van der Waals surface area contributed by atoms with Crippen LogP contribution < -0.4 is 11.1 Å². The highest BCUT2D eigenvalue weighted by atomic mass is 16.1. The van der Waals surface area contributed by atoms with Gasteiger partial charge in [-0.3, -0.25) is 9.89 Å². The van der Waals surface area contributed by atoms with Gasteiger partial charge < -0.3 is 11.1 Å². The Labute approximate surface area is 57.6 Å². The quantitative estimate of drug-likeness (QED) is 0.519. The second-order valence-electron chi connectivity index (χ2n) is 1.79. The normalized spacial score (nSPS) is 9.20. The van der Waals surface area contributed by atoms with Crippen LogP contribution in [0, 0.1) is 0 Å². The number of nitrogens with one attached hydrogen (secondary N) is 2. The maximum absolute atomic E-state index is 10.2. The van der Waals surface area contributed by atoms with Crippen LogP contribution in [-0.2, 0) is 4.79 Å². The van der Waals surface area contributed by atoms with Gasteiger partial charge in [-0.05, 0) is 6.07 Å². The summed E-state index contributed by atoms with van der Waals surface area (Å²) >= 11 is 0. The van der Waals surface area contributed by atoms with Crippen LogP contribution in [-0.4, -0.2) is 22.6 Å². The van der Waals surface area contributed by atoms with Gasteiger partial charge in [-0.15, -0.1) is 0 Å². The first-order valence-corrected chi connectivity index (χ1v) is 2.80. The number of hydrogen-bond donors (Lipinski definition) is 3. The summed E-state index contributed by atoms with van der Waals surface area (Å²) in [6.07, 6.45) is 1.59. The molecule has 0 spiro atoms. The van der Waals surface area contributed by atoms with Gasteiger partial charge in [-0.2, -0.15) is 5.10 Å². The highest BCUT2D eigenvalue weighted by Crippen LogP contribution is 1.95. The molecule has 5 heteroatoms. The number of amides is 1. The third-order valence-electron chi connectivity index (χ3n) is 0.954. The zero-order valence-corrected chi connectivity index (χ0v) is 5.29. The van der Waals surface area contributed by atoms with Crippen molar-refractivity contribution in [2.45, 2.75) is 0 Å². The van der Waals surface area contributed by atoms with Crippen LogP contribution in [0.5, 0.6) is 0 Å². The van der Waals surface area contributed by atoms with Gasteiger partial charge in [0.2, 0.25) is 5.91 Å². The number of primary amides is 1. The number of aromatic nitrogens is 2. The van der Waals surface area contributed by atoms with Crippen molar-refractivity contribution in [3.05, 3.63) is 12.3 Å². The lowest BCUT2D eigenvalue weighted by molar-refractivity contribution is -0.116. The Morgan fingerprint density at radius 1 is 1.90 bits per heavy atom. The topological polar surface area (TPSA) is 83.8 Å². The lowest BCUT2D eigenvalue weighted by Crippen LogP contribution is -2.21. The Morgan fingerprint density at radius 2 is 2.70 bits per heavy atom. The van der Waals surface area contributed by atoms with Gasteiger partial charge in [0, 0.05) is 0 Å². The Bertz CT molecular complexity index is 205. The molecule has 0 aliphatic carbocycles. The number of nitrogens with zero attached hydrogens (tertiary/aromatic N) is 1. The molecule has 0 atom stereocenters. The Balaban J connectivity index is 2.35. The molecule has 1 amide bonds. The van der Waals surface area contributed by atoms with E-state index in [4.69, 9.17) is 5.73 Å². The van der Waals surface area contributed by atoms with E-state index in [9.17, 15) is 4.79 Å². The monoisotopic (exact) mass is 140 g/mol. The van der Waals surface area contributed by atoms with E-state index in [0.29, 0.717) is 5.82 Å². The van der Waals surface area contributed by atoms with Gasteiger partial charge >= 0.3 is 0 Å². The summed E-state index contributed by atoms with van der Waals surface area (Å²) in [5.41, 5.74) is 4.87. The van der Waals surface area contributed by atoms with E-state index in [-0.39, 0.29) is 6.54 Å². The fourth-order valence-corrected chi connectivity index (χ4v) is 0.537. The maximum Gasteiger partial charge on any atom is 0.236 e. The van der Waals surface area contributed by atoms with Crippen molar-refractivity contribution in [1.29, 1.82) is 0 Å². The zero-order valence-electron chi connectivity index (χ0n) is 5.29. The number of rotatable bonds is 3. The van der Waals surface area contributed by atoms with E-state index in [1.165, 1.54) is 0 Å².